The van der Waals surface area contributed by atoms with E-state index in [0.717, 1.165) is 18.5 Å². The van der Waals surface area contributed by atoms with E-state index >= 15 is 0 Å². The number of hydrogen-bond donors (Lipinski definition) is 1. The predicted octanol–water partition coefficient (Wildman–Crippen LogP) is 2.17. The van der Waals surface area contributed by atoms with Crippen LogP contribution in [0.3, 0.4) is 0 Å². The Morgan fingerprint density at radius 1 is 1.52 bits per heavy atom. The Balaban J connectivity index is 1.72. The molecule has 1 N–H and O–H groups in total. The quantitative estimate of drug-likeness (QED) is 0.843. The monoisotopic (exact) mass is 334 g/mol. The highest BCUT2D eigenvalue weighted by molar-refractivity contribution is 7.99. The molecule has 0 spiro atoms. The summed E-state index contributed by atoms with van der Waals surface area (Å²) in [7, 11) is 0. The van der Waals surface area contributed by atoms with E-state index in [9.17, 15) is 9.59 Å². The molecule has 122 valence electrons. The summed E-state index contributed by atoms with van der Waals surface area (Å²) in [6, 6.07) is 3.05. The van der Waals surface area contributed by atoms with Gasteiger partial charge >= 0.3 is 0 Å². The minimum atomic E-state index is -0.193. The van der Waals surface area contributed by atoms with Gasteiger partial charge in [0.15, 0.2) is 11.0 Å². The van der Waals surface area contributed by atoms with E-state index in [1.54, 1.807) is 23.6 Å². The number of rotatable bonds is 5. The molecule has 7 nitrogen and oxygen atoms in total. The van der Waals surface area contributed by atoms with Gasteiger partial charge in [-0.05, 0) is 13.3 Å². The first-order valence-corrected chi connectivity index (χ1v) is 8.53. The first kappa shape index (κ1) is 15.8. The van der Waals surface area contributed by atoms with Gasteiger partial charge in [0, 0.05) is 30.0 Å². The van der Waals surface area contributed by atoms with Crippen LogP contribution in [0.5, 0.6) is 0 Å². The van der Waals surface area contributed by atoms with Crippen molar-refractivity contribution in [2.24, 2.45) is 0 Å². The van der Waals surface area contributed by atoms with Crippen LogP contribution in [0.2, 0.25) is 0 Å². The first-order valence-electron chi connectivity index (χ1n) is 7.55. The predicted molar refractivity (Wildman–Crippen MR) is 86.7 cm³/mol. The van der Waals surface area contributed by atoms with E-state index in [0.29, 0.717) is 22.5 Å². The molecule has 1 unspecified atom stereocenters. The minimum absolute atomic E-state index is 0.0847. The van der Waals surface area contributed by atoms with E-state index in [2.05, 4.69) is 22.4 Å². The van der Waals surface area contributed by atoms with Crippen LogP contribution in [0.4, 0.5) is 5.82 Å². The molecule has 8 heteroatoms. The molecule has 3 heterocycles. The number of anilines is 1. The molecule has 0 bridgehead atoms. The lowest BCUT2D eigenvalue weighted by Crippen LogP contribution is -2.27. The van der Waals surface area contributed by atoms with E-state index in [-0.39, 0.29) is 23.9 Å². The van der Waals surface area contributed by atoms with Crippen molar-refractivity contribution >= 4 is 23.5 Å². The Labute approximate surface area is 137 Å². The topological polar surface area (TPSA) is 90.0 Å². The zero-order valence-corrected chi connectivity index (χ0v) is 13.9. The van der Waals surface area contributed by atoms with Crippen LogP contribution in [0.25, 0.3) is 0 Å². The van der Waals surface area contributed by atoms with E-state index in [1.165, 1.54) is 11.8 Å². The fourth-order valence-electron chi connectivity index (χ4n) is 2.57. The maximum atomic E-state index is 12.3. The number of aromatic nitrogens is 3. The third-order valence-corrected chi connectivity index (χ3v) is 4.66. The fourth-order valence-corrected chi connectivity index (χ4v) is 3.73. The van der Waals surface area contributed by atoms with Gasteiger partial charge in [-0.3, -0.25) is 14.2 Å². The smallest absolute Gasteiger partial charge is 0.254 e. The summed E-state index contributed by atoms with van der Waals surface area (Å²) in [5.74, 6) is 1.50. The lowest BCUT2D eigenvalue weighted by atomic mass is 10.2. The summed E-state index contributed by atoms with van der Waals surface area (Å²) < 4.78 is 6.54. The highest BCUT2D eigenvalue weighted by Gasteiger charge is 2.27. The molecule has 0 saturated heterocycles. The number of aryl methyl sites for hydroxylation is 2. The highest BCUT2D eigenvalue weighted by Crippen LogP contribution is 2.32. The SMILES string of the molecule is CCCc1cc(=O)n2c(n1)SCC2CC(=O)Nc1cc(C)on1. The van der Waals surface area contributed by atoms with Crippen molar-refractivity contribution in [1.82, 2.24) is 14.7 Å². The van der Waals surface area contributed by atoms with E-state index in [4.69, 9.17) is 4.52 Å². The second-order valence-electron chi connectivity index (χ2n) is 5.53. The lowest BCUT2D eigenvalue weighted by Gasteiger charge is -2.12. The van der Waals surface area contributed by atoms with Crippen LogP contribution in [-0.2, 0) is 11.2 Å². The van der Waals surface area contributed by atoms with Crippen molar-refractivity contribution < 1.29 is 9.32 Å². The summed E-state index contributed by atoms with van der Waals surface area (Å²) in [6.45, 7) is 3.81. The summed E-state index contributed by atoms with van der Waals surface area (Å²) in [5.41, 5.74) is 0.734. The molecule has 2 aromatic rings. The van der Waals surface area contributed by atoms with Crippen LogP contribution in [0, 0.1) is 6.92 Å². The summed E-state index contributed by atoms with van der Waals surface area (Å²) in [4.78, 5) is 29.0. The fraction of sp³-hybridized carbons (Fsp3) is 0.467. The molecule has 0 saturated carbocycles. The second kappa shape index (κ2) is 6.57. The van der Waals surface area contributed by atoms with Gasteiger partial charge in [0.25, 0.3) is 5.56 Å². The third kappa shape index (κ3) is 3.47. The zero-order chi connectivity index (χ0) is 16.4. The van der Waals surface area contributed by atoms with Crippen LogP contribution in [-0.4, -0.2) is 26.4 Å². The molecule has 1 aliphatic rings. The molecular weight excluding hydrogens is 316 g/mol. The maximum Gasteiger partial charge on any atom is 0.254 e. The molecule has 23 heavy (non-hydrogen) atoms. The van der Waals surface area contributed by atoms with Crippen LogP contribution >= 0.6 is 11.8 Å². The number of carbonyl (C=O) groups is 1. The molecule has 1 aliphatic heterocycles. The number of hydrogen-bond acceptors (Lipinski definition) is 6. The van der Waals surface area contributed by atoms with Gasteiger partial charge in [-0.2, -0.15) is 0 Å². The van der Waals surface area contributed by atoms with E-state index in [1.807, 2.05) is 0 Å². The number of fused-ring (bicyclic) bond motifs is 1. The zero-order valence-electron chi connectivity index (χ0n) is 13.0. The van der Waals surface area contributed by atoms with Gasteiger partial charge < -0.3 is 9.84 Å². The molecule has 0 aliphatic carbocycles. The Kier molecular flexibility index (Phi) is 4.51. The molecule has 1 amide bonds. The van der Waals surface area contributed by atoms with Crippen molar-refractivity contribution in [3.8, 4) is 0 Å². The van der Waals surface area contributed by atoms with Gasteiger partial charge in [-0.1, -0.05) is 30.3 Å². The number of carbonyl (C=O) groups excluding carboxylic acids is 1. The maximum absolute atomic E-state index is 12.3. The first-order chi connectivity index (χ1) is 11.1. The van der Waals surface area contributed by atoms with Gasteiger partial charge in [-0.15, -0.1) is 0 Å². The Morgan fingerprint density at radius 3 is 3.04 bits per heavy atom. The Morgan fingerprint density at radius 2 is 2.35 bits per heavy atom. The summed E-state index contributed by atoms with van der Waals surface area (Å²) >= 11 is 1.52. The van der Waals surface area contributed by atoms with Gasteiger partial charge in [0.2, 0.25) is 5.91 Å². The molecular formula is C15H18N4O3S. The molecule has 0 radical (unpaired) electrons. The molecule has 3 rings (SSSR count). The molecule has 0 fully saturated rings. The largest absolute Gasteiger partial charge is 0.360 e. The Bertz CT molecular complexity index is 783. The average Bonchev–Trinajstić information content (AvgIpc) is 3.06. The van der Waals surface area contributed by atoms with Crippen LogP contribution in [0.15, 0.2) is 26.6 Å². The van der Waals surface area contributed by atoms with Crippen LogP contribution < -0.4 is 10.9 Å². The number of thioether (sulfide) groups is 1. The average molecular weight is 334 g/mol. The normalized spacial score (nSPS) is 16.3. The van der Waals surface area contributed by atoms with E-state index < -0.39 is 0 Å². The van der Waals surface area contributed by atoms with Gasteiger partial charge in [0.1, 0.15) is 5.76 Å². The number of nitrogens with zero attached hydrogens (tertiary/aromatic N) is 3. The molecule has 1 atom stereocenters. The van der Waals surface area contributed by atoms with Crippen molar-refractivity contribution in [3.63, 3.8) is 0 Å². The third-order valence-electron chi connectivity index (χ3n) is 3.57. The molecule has 2 aromatic heterocycles. The standard InChI is InChI=1S/C15H18N4O3S/c1-3-4-10-6-14(21)19-11(8-23-15(19)16-10)7-13(20)17-12-5-9(2)22-18-12/h5-6,11H,3-4,7-8H2,1-2H3,(H,17,18,20). The van der Waals surface area contributed by atoms with Crippen LogP contribution in [0.1, 0.15) is 37.3 Å². The summed E-state index contributed by atoms with van der Waals surface area (Å²) in [5, 5.41) is 7.12. The number of nitrogens with one attached hydrogen (secondary N) is 1. The number of amides is 1. The Hall–Kier alpha value is -2.09. The minimum Gasteiger partial charge on any atom is -0.360 e. The van der Waals surface area contributed by atoms with Crippen molar-refractivity contribution in [3.05, 3.63) is 33.9 Å². The van der Waals surface area contributed by atoms with Crippen molar-refractivity contribution in [2.45, 2.75) is 44.3 Å². The van der Waals surface area contributed by atoms with Gasteiger partial charge in [-0.25, -0.2) is 4.98 Å². The second-order valence-corrected chi connectivity index (χ2v) is 6.52. The lowest BCUT2D eigenvalue weighted by molar-refractivity contribution is -0.116. The summed E-state index contributed by atoms with van der Waals surface area (Å²) in [6.07, 6.45) is 1.95. The molecule has 0 aromatic carbocycles. The highest BCUT2D eigenvalue weighted by atomic mass is 32.2. The van der Waals surface area contributed by atoms with Gasteiger partial charge in [0.05, 0.1) is 6.04 Å². The van der Waals surface area contributed by atoms with Crippen molar-refractivity contribution in [1.29, 1.82) is 0 Å². The van der Waals surface area contributed by atoms with Crippen molar-refractivity contribution in [2.75, 3.05) is 11.1 Å².